The highest BCUT2D eigenvalue weighted by atomic mass is 35.5. The number of aromatic nitrogens is 2. The molecule has 0 atom stereocenters. The number of nitro benzene ring substituents is 1. The van der Waals surface area contributed by atoms with Gasteiger partial charge in [-0.2, -0.15) is 0 Å². The Morgan fingerprint density at radius 3 is 2.69 bits per heavy atom. The molecule has 0 unspecified atom stereocenters. The molecule has 1 aromatic heterocycles. The first-order valence-electron chi connectivity index (χ1n) is 9.03. The van der Waals surface area contributed by atoms with E-state index in [-0.39, 0.29) is 22.1 Å². The van der Waals surface area contributed by atoms with Gasteiger partial charge in [-0.1, -0.05) is 23.2 Å². The summed E-state index contributed by atoms with van der Waals surface area (Å²) >= 11 is 12.5. The Bertz CT molecular complexity index is 1200. The van der Waals surface area contributed by atoms with Gasteiger partial charge in [0.05, 0.1) is 20.9 Å². The second-order valence-electron chi connectivity index (χ2n) is 6.76. The van der Waals surface area contributed by atoms with Crippen LogP contribution in [0, 0.1) is 10.1 Å². The Morgan fingerprint density at radius 1 is 1.21 bits per heavy atom. The number of fused-ring (bicyclic) bond motifs is 1. The molecule has 0 bridgehead atoms. The number of nitrogens with one attached hydrogen (secondary N) is 1. The average Bonchev–Trinajstić information content (AvgIpc) is 3.22. The van der Waals surface area contributed by atoms with Gasteiger partial charge in [-0.15, -0.1) is 0 Å². The van der Waals surface area contributed by atoms with E-state index in [4.69, 9.17) is 23.2 Å². The molecule has 9 heteroatoms. The summed E-state index contributed by atoms with van der Waals surface area (Å²) in [4.78, 5) is 32.4. The van der Waals surface area contributed by atoms with Crippen LogP contribution < -0.4 is 10.5 Å². The van der Waals surface area contributed by atoms with Gasteiger partial charge in [-0.25, -0.2) is 4.98 Å². The first kappa shape index (κ1) is 19.4. The Labute approximate surface area is 175 Å². The van der Waals surface area contributed by atoms with Crippen molar-refractivity contribution in [2.24, 2.45) is 0 Å². The standard InChI is InChI=1S/C20H16Cl2N4O3/c21-13-3-5-15-17(11-13)23-19(24-20(15)27)16(22)10-12-9-14(26(28)29)4-6-18(12)25-7-1-2-8-25/h3-6,9-11H,1-2,7-8H2,(H,23,24,27). The lowest BCUT2D eigenvalue weighted by Gasteiger charge is -2.20. The van der Waals surface area contributed by atoms with E-state index >= 15 is 0 Å². The van der Waals surface area contributed by atoms with E-state index < -0.39 is 4.92 Å². The Hall–Kier alpha value is -2.90. The second kappa shape index (κ2) is 7.85. The van der Waals surface area contributed by atoms with Crippen LogP contribution in [0.4, 0.5) is 11.4 Å². The molecule has 0 aliphatic carbocycles. The van der Waals surface area contributed by atoms with E-state index in [1.165, 1.54) is 12.1 Å². The maximum atomic E-state index is 12.4. The largest absolute Gasteiger partial charge is 0.371 e. The van der Waals surface area contributed by atoms with Crippen molar-refractivity contribution >= 4 is 56.6 Å². The third-order valence-corrected chi connectivity index (χ3v) is 5.37. The number of non-ortho nitro benzene ring substituents is 1. The lowest BCUT2D eigenvalue weighted by Crippen LogP contribution is -2.18. The Balaban J connectivity index is 1.82. The van der Waals surface area contributed by atoms with E-state index in [0.29, 0.717) is 21.5 Å². The van der Waals surface area contributed by atoms with Crippen molar-refractivity contribution in [1.82, 2.24) is 9.97 Å². The van der Waals surface area contributed by atoms with Crippen molar-refractivity contribution in [3.8, 4) is 0 Å². The molecule has 1 saturated heterocycles. The van der Waals surface area contributed by atoms with E-state index in [1.807, 2.05) is 0 Å². The van der Waals surface area contributed by atoms with Crippen molar-refractivity contribution in [2.75, 3.05) is 18.0 Å². The molecule has 1 aliphatic rings. The number of halogens is 2. The normalized spacial score (nSPS) is 14.6. The number of aromatic amines is 1. The van der Waals surface area contributed by atoms with Crippen LogP contribution in [-0.4, -0.2) is 28.0 Å². The first-order valence-corrected chi connectivity index (χ1v) is 9.78. The van der Waals surface area contributed by atoms with Crippen LogP contribution in [0.5, 0.6) is 0 Å². The van der Waals surface area contributed by atoms with Gasteiger partial charge in [0.2, 0.25) is 0 Å². The van der Waals surface area contributed by atoms with Crippen LogP contribution in [-0.2, 0) is 0 Å². The fourth-order valence-electron chi connectivity index (χ4n) is 3.45. The second-order valence-corrected chi connectivity index (χ2v) is 7.61. The van der Waals surface area contributed by atoms with Crippen LogP contribution in [0.1, 0.15) is 24.2 Å². The molecule has 1 fully saturated rings. The molecule has 1 aliphatic heterocycles. The van der Waals surface area contributed by atoms with Gasteiger partial charge in [0, 0.05) is 41.5 Å². The number of hydrogen-bond donors (Lipinski definition) is 1. The van der Waals surface area contributed by atoms with Crippen LogP contribution >= 0.6 is 23.2 Å². The maximum absolute atomic E-state index is 12.4. The molecule has 0 amide bonds. The molecular formula is C20H16Cl2N4O3. The maximum Gasteiger partial charge on any atom is 0.270 e. The van der Waals surface area contributed by atoms with Crippen LogP contribution in [0.25, 0.3) is 22.0 Å². The smallest absolute Gasteiger partial charge is 0.270 e. The molecule has 2 aromatic carbocycles. The van der Waals surface area contributed by atoms with E-state index in [2.05, 4.69) is 14.9 Å². The van der Waals surface area contributed by atoms with Crippen LogP contribution in [0.2, 0.25) is 5.02 Å². The molecule has 4 rings (SSSR count). The van der Waals surface area contributed by atoms with Crippen molar-refractivity contribution in [3.63, 3.8) is 0 Å². The van der Waals surface area contributed by atoms with Gasteiger partial charge in [0.1, 0.15) is 0 Å². The van der Waals surface area contributed by atoms with Gasteiger partial charge in [0.25, 0.3) is 11.2 Å². The van der Waals surface area contributed by atoms with Crippen molar-refractivity contribution in [3.05, 3.63) is 73.3 Å². The fraction of sp³-hybridized carbons (Fsp3) is 0.200. The third-order valence-electron chi connectivity index (χ3n) is 4.85. The minimum atomic E-state index is -0.447. The van der Waals surface area contributed by atoms with Gasteiger partial charge < -0.3 is 9.88 Å². The highest BCUT2D eigenvalue weighted by Crippen LogP contribution is 2.32. The summed E-state index contributed by atoms with van der Waals surface area (Å²) < 4.78 is 0. The Morgan fingerprint density at radius 2 is 1.97 bits per heavy atom. The molecule has 7 nitrogen and oxygen atoms in total. The number of benzene rings is 2. The molecule has 2 heterocycles. The van der Waals surface area contributed by atoms with Crippen molar-refractivity contribution in [2.45, 2.75) is 12.8 Å². The molecule has 0 radical (unpaired) electrons. The van der Waals surface area contributed by atoms with Gasteiger partial charge in [-0.05, 0) is 43.2 Å². The summed E-state index contributed by atoms with van der Waals surface area (Å²) in [6.45, 7) is 1.75. The molecule has 1 N–H and O–H groups in total. The van der Waals surface area contributed by atoms with Gasteiger partial charge in [0.15, 0.2) is 5.82 Å². The molecule has 0 spiro atoms. The molecule has 3 aromatic rings. The summed E-state index contributed by atoms with van der Waals surface area (Å²) in [7, 11) is 0. The minimum absolute atomic E-state index is 0.0320. The topological polar surface area (TPSA) is 92.1 Å². The quantitative estimate of drug-likeness (QED) is 0.472. The summed E-state index contributed by atoms with van der Waals surface area (Å²) in [5.41, 5.74) is 1.50. The molecular weight excluding hydrogens is 415 g/mol. The minimum Gasteiger partial charge on any atom is -0.371 e. The van der Waals surface area contributed by atoms with E-state index in [0.717, 1.165) is 31.6 Å². The average molecular weight is 431 g/mol. The zero-order valence-electron chi connectivity index (χ0n) is 15.2. The lowest BCUT2D eigenvalue weighted by atomic mass is 10.1. The SMILES string of the molecule is O=c1[nH]c(C(Cl)=Cc2cc([N+](=O)[O-])ccc2N2CCCC2)nc2cc(Cl)ccc12. The molecule has 0 saturated carbocycles. The zero-order valence-corrected chi connectivity index (χ0v) is 16.7. The van der Waals surface area contributed by atoms with E-state index in [9.17, 15) is 14.9 Å². The number of H-pyrrole nitrogens is 1. The summed E-state index contributed by atoms with van der Waals surface area (Å²) in [6, 6.07) is 9.49. The predicted molar refractivity (Wildman–Crippen MR) is 116 cm³/mol. The van der Waals surface area contributed by atoms with Crippen LogP contribution in [0.15, 0.2) is 41.2 Å². The Kier molecular flexibility index (Phi) is 5.25. The predicted octanol–water partition coefficient (Wildman–Crippen LogP) is 4.82. The van der Waals surface area contributed by atoms with Crippen molar-refractivity contribution < 1.29 is 4.92 Å². The molecule has 148 valence electrons. The van der Waals surface area contributed by atoms with Gasteiger partial charge >= 0.3 is 0 Å². The number of nitrogens with zero attached hydrogens (tertiary/aromatic N) is 3. The summed E-state index contributed by atoms with van der Waals surface area (Å²) in [5, 5.41) is 12.3. The monoisotopic (exact) mass is 430 g/mol. The van der Waals surface area contributed by atoms with E-state index in [1.54, 1.807) is 30.3 Å². The first-order chi connectivity index (χ1) is 13.9. The highest BCUT2D eigenvalue weighted by molar-refractivity contribution is 6.50. The number of nitro groups is 1. The summed E-state index contributed by atoms with van der Waals surface area (Å²) in [6.07, 6.45) is 3.72. The number of anilines is 1. The summed E-state index contributed by atoms with van der Waals surface area (Å²) in [5.74, 6) is 0.172. The van der Waals surface area contributed by atoms with Crippen LogP contribution in [0.3, 0.4) is 0 Å². The number of rotatable bonds is 4. The third kappa shape index (κ3) is 3.97. The molecule has 29 heavy (non-hydrogen) atoms. The van der Waals surface area contributed by atoms with Crippen molar-refractivity contribution in [1.29, 1.82) is 0 Å². The highest BCUT2D eigenvalue weighted by Gasteiger charge is 2.18. The fourth-order valence-corrected chi connectivity index (χ4v) is 3.82. The zero-order chi connectivity index (χ0) is 20.5. The lowest BCUT2D eigenvalue weighted by molar-refractivity contribution is -0.384. The number of hydrogen-bond acceptors (Lipinski definition) is 5. The van der Waals surface area contributed by atoms with Gasteiger partial charge in [-0.3, -0.25) is 14.9 Å².